The van der Waals surface area contributed by atoms with Crippen LogP contribution in [0.3, 0.4) is 0 Å². The van der Waals surface area contributed by atoms with Gasteiger partial charge in [-0.2, -0.15) is 5.26 Å². The van der Waals surface area contributed by atoms with E-state index >= 15 is 0 Å². The number of carbonyl (C=O) groups is 1. The number of pyridine rings is 1. The maximum Gasteiger partial charge on any atom is 0.270 e. The van der Waals surface area contributed by atoms with Crippen LogP contribution in [0.1, 0.15) is 50.8 Å². The van der Waals surface area contributed by atoms with Crippen molar-refractivity contribution < 1.29 is 4.79 Å². The molecule has 1 aliphatic rings. The van der Waals surface area contributed by atoms with E-state index in [-0.39, 0.29) is 23.1 Å². The monoisotopic (exact) mass is 418 g/mol. The van der Waals surface area contributed by atoms with Gasteiger partial charge >= 0.3 is 0 Å². The molecule has 1 amide bonds. The summed E-state index contributed by atoms with van der Waals surface area (Å²) in [6.45, 7) is 11.2. The highest BCUT2D eigenvalue weighted by Crippen LogP contribution is 2.36. The lowest BCUT2D eigenvalue weighted by atomic mass is 10.0. The topological polar surface area (TPSA) is 69.3 Å². The number of rotatable bonds is 6. The van der Waals surface area contributed by atoms with Crippen LogP contribution in [0.15, 0.2) is 9.70 Å². The molecule has 1 atom stereocenters. The predicted octanol–water partition coefficient (Wildman–Crippen LogP) is 3.41. The van der Waals surface area contributed by atoms with Crippen LogP contribution in [0.25, 0.3) is 6.08 Å². The van der Waals surface area contributed by atoms with Gasteiger partial charge in [0.2, 0.25) is 0 Å². The molecule has 6 nitrogen and oxygen atoms in total. The van der Waals surface area contributed by atoms with E-state index in [1.54, 1.807) is 24.9 Å². The molecule has 0 N–H and O–H groups in total. The molecule has 0 aromatic carbocycles. The quantitative estimate of drug-likeness (QED) is 0.521. The largest absolute Gasteiger partial charge is 0.358 e. The van der Waals surface area contributed by atoms with Gasteiger partial charge in [0.15, 0.2) is 0 Å². The minimum Gasteiger partial charge on any atom is -0.358 e. The van der Waals surface area contributed by atoms with Crippen molar-refractivity contribution in [1.29, 1.82) is 5.26 Å². The molecule has 0 aliphatic carbocycles. The summed E-state index contributed by atoms with van der Waals surface area (Å²) in [6.07, 6.45) is 2.59. The number of nitriles is 1. The van der Waals surface area contributed by atoms with Crippen molar-refractivity contribution in [3.8, 4) is 6.07 Å². The minimum atomic E-state index is -0.328. The fraction of sp³-hybridized carbons (Fsp3) is 0.500. The van der Waals surface area contributed by atoms with Gasteiger partial charge in [-0.05, 0) is 45.8 Å². The summed E-state index contributed by atoms with van der Waals surface area (Å²) >= 11 is 6.69. The number of nitrogens with zero attached hydrogens (tertiary/aromatic N) is 4. The van der Waals surface area contributed by atoms with Gasteiger partial charge < -0.3 is 4.90 Å². The zero-order valence-electron chi connectivity index (χ0n) is 17.2. The van der Waals surface area contributed by atoms with E-state index in [1.165, 1.54) is 16.3 Å². The molecule has 0 bridgehead atoms. The average Bonchev–Trinajstić information content (AvgIpc) is 2.95. The first-order chi connectivity index (χ1) is 13.2. The number of anilines is 1. The lowest BCUT2D eigenvalue weighted by Crippen LogP contribution is -2.36. The second-order valence-corrected chi connectivity index (χ2v) is 8.37. The molecule has 1 saturated heterocycles. The molecule has 150 valence electrons. The molecule has 8 heteroatoms. The van der Waals surface area contributed by atoms with Gasteiger partial charge in [0, 0.05) is 31.7 Å². The van der Waals surface area contributed by atoms with E-state index in [4.69, 9.17) is 12.2 Å². The van der Waals surface area contributed by atoms with Gasteiger partial charge in [0.25, 0.3) is 11.5 Å². The van der Waals surface area contributed by atoms with Crippen molar-refractivity contribution in [2.45, 2.75) is 47.1 Å². The van der Waals surface area contributed by atoms with Crippen molar-refractivity contribution in [3.05, 3.63) is 31.9 Å². The SMILES string of the molecule is CCC(C)N1C(=O)C(=Cc2c(C)c(C#N)c(=O)n(C)c2N(CC)CC)SC1=S. The van der Waals surface area contributed by atoms with Gasteiger partial charge in [-0.1, -0.05) is 30.9 Å². The highest BCUT2D eigenvalue weighted by atomic mass is 32.2. The van der Waals surface area contributed by atoms with E-state index in [9.17, 15) is 14.9 Å². The molecule has 1 fully saturated rings. The number of thioether (sulfide) groups is 1. The summed E-state index contributed by atoms with van der Waals surface area (Å²) in [6, 6.07) is 2.04. The predicted molar refractivity (Wildman–Crippen MR) is 119 cm³/mol. The zero-order valence-corrected chi connectivity index (χ0v) is 18.8. The Morgan fingerprint density at radius 1 is 1.29 bits per heavy atom. The minimum absolute atomic E-state index is 0.0246. The molecule has 0 radical (unpaired) electrons. The summed E-state index contributed by atoms with van der Waals surface area (Å²) < 4.78 is 2.04. The van der Waals surface area contributed by atoms with Crippen LogP contribution in [0, 0.1) is 18.3 Å². The fourth-order valence-corrected chi connectivity index (χ4v) is 4.73. The summed E-state index contributed by atoms with van der Waals surface area (Å²) in [4.78, 5) is 29.8. The number of aromatic nitrogens is 1. The van der Waals surface area contributed by atoms with E-state index in [1.807, 2.05) is 33.8 Å². The molecule has 2 heterocycles. The highest BCUT2D eigenvalue weighted by Gasteiger charge is 2.35. The van der Waals surface area contributed by atoms with Crippen LogP contribution in [-0.4, -0.2) is 38.8 Å². The van der Waals surface area contributed by atoms with Gasteiger partial charge in [-0.3, -0.25) is 19.1 Å². The molecule has 1 unspecified atom stereocenters. The first kappa shape index (κ1) is 22.2. The van der Waals surface area contributed by atoms with Crippen LogP contribution >= 0.6 is 24.0 Å². The second kappa shape index (κ2) is 8.93. The molecule has 28 heavy (non-hydrogen) atoms. The maximum atomic E-state index is 13.0. The number of hydrogen-bond donors (Lipinski definition) is 0. The van der Waals surface area contributed by atoms with Gasteiger partial charge in [-0.15, -0.1) is 0 Å². The summed E-state index contributed by atoms with van der Waals surface area (Å²) in [5, 5.41) is 9.49. The molecule has 0 spiro atoms. The number of carbonyl (C=O) groups excluding carboxylic acids is 1. The summed E-state index contributed by atoms with van der Waals surface area (Å²) in [5.74, 6) is 0.585. The number of amides is 1. The highest BCUT2D eigenvalue weighted by molar-refractivity contribution is 8.26. The Kier molecular flexibility index (Phi) is 7.07. The van der Waals surface area contributed by atoms with Crippen LogP contribution in [-0.2, 0) is 11.8 Å². The van der Waals surface area contributed by atoms with Gasteiger partial charge in [-0.25, -0.2) is 0 Å². The Morgan fingerprint density at radius 3 is 2.39 bits per heavy atom. The molecular formula is C20H26N4O2S2. The van der Waals surface area contributed by atoms with Crippen LogP contribution in [0.5, 0.6) is 0 Å². The molecule has 0 saturated carbocycles. The fourth-order valence-electron chi connectivity index (χ4n) is 3.29. The second-order valence-electron chi connectivity index (χ2n) is 6.69. The van der Waals surface area contributed by atoms with Gasteiger partial charge in [0.1, 0.15) is 21.8 Å². The average molecular weight is 419 g/mol. The first-order valence-electron chi connectivity index (χ1n) is 9.38. The third-order valence-corrected chi connectivity index (χ3v) is 6.49. The van der Waals surface area contributed by atoms with Crippen LogP contribution < -0.4 is 10.5 Å². The Hall–Kier alpha value is -2.11. The van der Waals surface area contributed by atoms with Crippen molar-refractivity contribution in [2.75, 3.05) is 18.0 Å². The lowest BCUT2D eigenvalue weighted by molar-refractivity contribution is -0.123. The third kappa shape index (κ3) is 3.74. The Balaban J connectivity index is 2.75. The first-order valence-corrected chi connectivity index (χ1v) is 10.6. The summed E-state index contributed by atoms with van der Waals surface area (Å²) in [7, 11) is 1.66. The van der Waals surface area contributed by atoms with E-state index < -0.39 is 0 Å². The maximum absolute atomic E-state index is 13.0. The lowest BCUT2D eigenvalue weighted by Gasteiger charge is -2.27. The van der Waals surface area contributed by atoms with E-state index in [0.717, 1.165) is 6.42 Å². The molecule has 2 rings (SSSR count). The Bertz CT molecular complexity index is 939. The van der Waals surface area contributed by atoms with Gasteiger partial charge in [0.05, 0.1) is 4.91 Å². The van der Waals surface area contributed by atoms with Crippen molar-refractivity contribution >= 4 is 46.1 Å². The molecule has 1 aromatic heterocycles. The van der Waals surface area contributed by atoms with Crippen molar-refractivity contribution in [3.63, 3.8) is 0 Å². The van der Waals surface area contributed by atoms with Crippen LogP contribution in [0.2, 0.25) is 0 Å². The number of thiocarbonyl (C=S) groups is 1. The van der Waals surface area contributed by atoms with Crippen LogP contribution in [0.4, 0.5) is 5.82 Å². The van der Waals surface area contributed by atoms with Crippen molar-refractivity contribution in [1.82, 2.24) is 9.47 Å². The number of hydrogen-bond acceptors (Lipinski definition) is 6. The van der Waals surface area contributed by atoms with Crippen molar-refractivity contribution in [2.24, 2.45) is 7.05 Å². The zero-order chi connectivity index (χ0) is 21.2. The molecule has 1 aliphatic heterocycles. The Labute approximate surface area is 175 Å². The Morgan fingerprint density at radius 2 is 1.89 bits per heavy atom. The molecule has 1 aromatic rings. The van der Waals surface area contributed by atoms with E-state index in [0.29, 0.717) is 39.3 Å². The summed E-state index contributed by atoms with van der Waals surface area (Å²) in [5.41, 5.74) is 1.07. The smallest absolute Gasteiger partial charge is 0.270 e. The normalized spacial score (nSPS) is 16.6. The molecular weight excluding hydrogens is 392 g/mol. The standard InChI is InChI=1S/C20H26N4O2S2/c1-7-12(4)24-19(26)16(28-20(24)27)10-14-13(5)15(11-21)18(25)22(6)17(14)23(8-2)9-3/h10,12H,7-9H2,1-6H3. The third-order valence-electron chi connectivity index (χ3n) is 5.16. The van der Waals surface area contributed by atoms with E-state index in [2.05, 4.69) is 4.90 Å².